The number of hydrogen-bond acceptors (Lipinski definition) is 6. The lowest BCUT2D eigenvalue weighted by Gasteiger charge is -2.29. The van der Waals surface area contributed by atoms with Crippen molar-refractivity contribution in [2.75, 3.05) is 45.2 Å². The molecule has 41 heavy (non-hydrogen) atoms. The van der Waals surface area contributed by atoms with Crippen LogP contribution in [0, 0.1) is 11.8 Å². The molecule has 0 aliphatic heterocycles. The van der Waals surface area contributed by atoms with Crippen molar-refractivity contribution in [2.24, 2.45) is 5.14 Å². The molecule has 0 fully saturated rings. The zero-order chi connectivity index (χ0) is 31.3. The molecule has 8 nitrogen and oxygen atoms in total. The van der Waals surface area contributed by atoms with Gasteiger partial charge in [-0.05, 0) is 69.1 Å². The van der Waals surface area contributed by atoms with E-state index in [1.807, 2.05) is 13.8 Å². The molecule has 1 amide bonds. The Kier molecular flexibility index (Phi) is 20.4. The van der Waals surface area contributed by atoms with Gasteiger partial charge >= 0.3 is 0 Å². The van der Waals surface area contributed by atoms with Crippen LogP contribution >= 0.6 is 0 Å². The van der Waals surface area contributed by atoms with E-state index in [2.05, 4.69) is 49.8 Å². The Balaban J connectivity index is 0.00000155. The maximum Gasteiger partial charge on any atom is 0.253 e. The summed E-state index contributed by atoms with van der Waals surface area (Å²) in [5, 5.41) is 8.88. The summed E-state index contributed by atoms with van der Waals surface area (Å²) in [4.78, 5) is 16.0. The highest BCUT2D eigenvalue weighted by Crippen LogP contribution is 2.38. The van der Waals surface area contributed by atoms with Crippen molar-refractivity contribution >= 4 is 21.6 Å². The van der Waals surface area contributed by atoms with Gasteiger partial charge in [0.25, 0.3) is 5.91 Å². The fourth-order valence-electron chi connectivity index (χ4n) is 3.70. The predicted octanol–water partition coefficient (Wildman–Crippen LogP) is 6.09. The number of nitrogens with one attached hydrogen (secondary N) is 1. The highest BCUT2D eigenvalue weighted by Gasteiger charge is 2.27. The number of nitrogens with two attached hydrogens (primary N) is 1. The number of ether oxygens (including phenoxy) is 1. The lowest BCUT2D eigenvalue weighted by molar-refractivity contribution is 0.0827. The van der Waals surface area contributed by atoms with E-state index in [0.29, 0.717) is 31.0 Å². The minimum Gasteiger partial charge on any atom is -0.454 e. The van der Waals surface area contributed by atoms with E-state index in [0.717, 1.165) is 25.7 Å². The summed E-state index contributed by atoms with van der Waals surface area (Å²) in [6.07, 6.45) is 11.9. The van der Waals surface area contributed by atoms with Gasteiger partial charge in [-0.15, -0.1) is 0 Å². The number of sulfonamides is 1. The second kappa shape index (κ2) is 21.9. The molecule has 0 aromatic heterocycles. The van der Waals surface area contributed by atoms with Crippen LogP contribution in [0.4, 0.5) is 5.69 Å². The topological polar surface area (TPSA) is 105 Å². The van der Waals surface area contributed by atoms with Crippen molar-refractivity contribution in [3.8, 4) is 17.6 Å². The van der Waals surface area contributed by atoms with Crippen molar-refractivity contribution in [3.63, 3.8) is 0 Å². The molecule has 3 N–H and O–H groups in total. The predicted molar refractivity (Wildman–Crippen MR) is 173 cm³/mol. The Morgan fingerprint density at radius 2 is 1.59 bits per heavy atom. The summed E-state index contributed by atoms with van der Waals surface area (Å²) >= 11 is 0. The SMILES string of the molecule is CC.CCCCN(CCCC)c1cc(C(=O)N(C)C)cc(S(N)(=O)=O)c1OC1=CCC#CC=C1.CCCNCCC. The van der Waals surface area contributed by atoms with Crippen molar-refractivity contribution in [2.45, 2.75) is 91.4 Å². The summed E-state index contributed by atoms with van der Waals surface area (Å²) in [7, 11) is -0.935. The third kappa shape index (κ3) is 14.6. The summed E-state index contributed by atoms with van der Waals surface area (Å²) in [6, 6.07) is 3.00. The van der Waals surface area contributed by atoms with Gasteiger partial charge in [-0.3, -0.25) is 4.79 Å². The average Bonchev–Trinajstić information content (AvgIpc) is 3.23. The number of benzene rings is 1. The summed E-state index contributed by atoms with van der Waals surface area (Å²) in [5.41, 5.74) is 0.788. The summed E-state index contributed by atoms with van der Waals surface area (Å²) in [6.45, 7) is 16.3. The van der Waals surface area contributed by atoms with Crippen LogP contribution in [0.25, 0.3) is 0 Å². The molecular formula is C32H54N4O4S. The van der Waals surface area contributed by atoms with Gasteiger partial charge in [0.1, 0.15) is 10.7 Å². The quantitative estimate of drug-likeness (QED) is 0.189. The number of carbonyl (C=O) groups is 1. The Morgan fingerprint density at radius 1 is 1.00 bits per heavy atom. The Labute approximate surface area is 250 Å². The van der Waals surface area contributed by atoms with E-state index in [1.165, 1.54) is 36.9 Å². The molecule has 0 saturated heterocycles. The minimum atomic E-state index is -4.18. The third-order valence-electron chi connectivity index (χ3n) is 5.81. The van der Waals surface area contributed by atoms with Gasteiger partial charge in [0, 0.05) is 39.2 Å². The lowest BCUT2D eigenvalue weighted by Crippen LogP contribution is -2.29. The molecule has 0 bridgehead atoms. The van der Waals surface area contributed by atoms with Gasteiger partial charge in [0.15, 0.2) is 5.75 Å². The standard InChI is InChI=1S/C24H33N3O4S.C6H15N.C2H6/c1-5-7-15-27(16-8-6-2)21-17-19(24(28)26(3)4)18-22(32(25,29)30)23(21)31-20-13-11-9-10-12-14-20;1-3-5-7-6-4-2;1-2/h11,13-14,17-18H,5-8,12,15-16H2,1-4H3,(H2,25,29,30);7H,3-6H2,1-2H3;1-2H3. The molecule has 0 unspecified atom stereocenters. The molecule has 1 aromatic rings. The zero-order valence-corrected chi connectivity index (χ0v) is 27.5. The van der Waals surface area contributed by atoms with Crippen molar-refractivity contribution in [1.82, 2.24) is 10.2 Å². The normalized spacial score (nSPS) is 11.9. The average molecular weight is 591 g/mol. The summed E-state index contributed by atoms with van der Waals surface area (Å²) < 4.78 is 31.3. The number of amides is 1. The largest absolute Gasteiger partial charge is 0.454 e. The number of allylic oxidation sites excluding steroid dienone is 3. The molecular weight excluding hydrogens is 536 g/mol. The molecule has 0 spiro atoms. The van der Waals surface area contributed by atoms with Gasteiger partial charge in [0.2, 0.25) is 10.0 Å². The molecule has 1 aliphatic rings. The van der Waals surface area contributed by atoms with Crippen molar-refractivity contribution in [3.05, 3.63) is 41.7 Å². The molecule has 0 atom stereocenters. The van der Waals surface area contributed by atoms with Crippen LogP contribution in [0.1, 0.15) is 96.8 Å². The molecule has 1 aromatic carbocycles. The second-order valence-corrected chi connectivity index (χ2v) is 11.1. The molecule has 0 radical (unpaired) electrons. The van der Waals surface area contributed by atoms with E-state index in [9.17, 15) is 13.2 Å². The molecule has 0 heterocycles. The number of primary sulfonamides is 1. The molecule has 2 rings (SSSR count). The number of nitrogens with zero attached hydrogens (tertiary/aromatic N) is 2. The third-order valence-corrected chi connectivity index (χ3v) is 6.73. The second-order valence-electron chi connectivity index (χ2n) is 9.58. The number of anilines is 1. The Hall–Kier alpha value is -2.80. The molecule has 232 valence electrons. The van der Waals surface area contributed by atoms with Gasteiger partial charge in [0.05, 0.1) is 5.69 Å². The molecule has 0 saturated carbocycles. The van der Waals surface area contributed by atoms with Crippen molar-refractivity contribution < 1.29 is 17.9 Å². The van der Waals surface area contributed by atoms with Crippen LogP contribution in [0.2, 0.25) is 0 Å². The van der Waals surface area contributed by atoms with E-state index >= 15 is 0 Å². The number of carbonyl (C=O) groups excluding carboxylic acids is 1. The van der Waals surface area contributed by atoms with Gasteiger partial charge < -0.3 is 19.9 Å². The fourth-order valence-corrected chi connectivity index (χ4v) is 4.40. The fraction of sp³-hybridized carbons (Fsp3) is 0.594. The maximum absolute atomic E-state index is 12.8. The molecule has 9 heteroatoms. The Bertz CT molecular complexity index is 1120. The minimum absolute atomic E-state index is 0.132. The van der Waals surface area contributed by atoms with Crippen LogP contribution in [-0.4, -0.2) is 59.5 Å². The number of unbranched alkanes of at least 4 members (excludes halogenated alkanes) is 2. The first-order chi connectivity index (χ1) is 19.6. The molecule has 1 aliphatic carbocycles. The first-order valence-corrected chi connectivity index (χ1v) is 16.6. The number of rotatable bonds is 15. The first kappa shape index (κ1) is 38.2. The Morgan fingerprint density at radius 3 is 2.07 bits per heavy atom. The van der Waals surface area contributed by atoms with E-state index in [-0.39, 0.29) is 22.1 Å². The van der Waals surface area contributed by atoms with Gasteiger partial charge in [-0.2, -0.15) is 0 Å². The van der Waals surface area contributed by atoms with Gasteiger partial charge in [-0.1, -0.05) is 66.2 Å². The highest BCUT2D eigenvalue weighted by molar-refractivity contribution is 7.89. The van der Waals surface area contributed by atoms with Crippen LogP contribution in [0.3, 0.4) is 0 Å². The van der Waals surface area contributed by atoms with E-state index < -0.39 is 10.0 Å². The summed E-state index contributed by atoms with van der Waals surface area (Å²) in [5.74, 6) is 6.10. The van der Waals surface area contributed by atoms with Crippen LogP contribution in [0.15, 0.2) is 41.0 Å². The first-order valence-electron chi connectivity index (χ1n) is 15.0. The highest BCUT2D eigenvalue weighted by atomic mass is 32.2. The van der Waals surface area contributed by atoms with E-state index in [4.69, 9.17) is 9.88 Å². The van der Waals surface area contributed by atoms with E-state index in [1.54, 1.807) is 38.4 Å². The zero-order valence-electron chi connectivity index (χ0n) is 26.7. The van der Waals surface area contributed by atoms with Gasteiger partial charge in [-0.25, -0.2) is 13.6 Å². The van der Waals surface area contributed by atoms with Crippen LogP contribution in [-0.2, 0) is 10.0 Å². The maximum atomic E-state index is 12.8. The lowest BCUT2D eigenvalue weighted by atomic mass is 10.1. The monoisotopic (exact) mass is 590 g/mol. The van der Waals surface area contributed by atoms with Crippen LogP contribution in [0.5, 0.6) is 5.75 Å². The number of hydrogen-bond donors (Lipinski definition) is 2. The van der Waals surface area contributed by atoms with Crippen molar-refractivity contribution in [1.29, 1.82) is 0 Å². The van der Waals surface area contributed by atoms with Crippen LogP contribution < -0.4 is 20.1 Å². The smallest absolute Gasteiger partial charge is 0.253 e.